The Balaban J connectivity index is 1.57. The Morgan fingerprint density at radius 2 is 1.65 bits per heavy atom. The largest absolute Gasteiger partial charge is 0.507 e. The van der Waals surface area contributed by atoms with E-state index in [1.807, 2.05) is 66.7 Å². The van der Waals surface area contributed by atoms with Gasteiger partial charge in [-0.2, -0.15) is 0 Å². The van der Waals surface area contributed by atoms with Crippen LogP contribution >= 0.6 is 0 Å². The van der Waals surface area contributed by atoms with Crippen LogP contribution in [-0.2, 0) is 6.61 Å². The molecule has 0 atom stereocenters. The van der Waals surface area contributed by atoms with Crippen molar-refractivity contribution < 1.29 is 14.2 Å². The number of aromatic nitrogens is 1. The van der Waals surface area contributed by atoms with Gasteiger partial charge in [0.2, 0.25) is 0 Å². The fourth-order valence-corrected chi connectivity index (χ4v) is 2.84. The van der Waals surface area contributed by atoms with Gasteiger partial charge in [-0.1, -0.05) is 54.6 Å². The number of rotatable bonds is 4. The number of benzene rings is 3. The lowest BCUT2D eigenvalue weighted by atomic mass is 10.0. The van der Waals surface area contributed by atoms with Crippen LogP contribution in [0, 0.1) is 5.82 Å². The number of para-hydroxylation sites is 1. The van der Waals surface area contributed by atoms with Crippen LogP contribution < -0.4 is 4.74 Å². The average Bonchev–Trinajstić information content (AvgIpc) is 2.69. The smallest absolute Gasteiger partial charge is 0.165 e. The molecule has 0 aliphatic heterocycles. The minimum atomic E-state index is -0.526. The zero-order valence-electron chi connectivity index (χ0n) is 13.9. The van der Waals surface area contributed by atoms with Gasteiger partial charge in [0.05, 0.1) is 11.2 Å². The molecule has 0 aliphatic carbocycles. The summed E-state index contributed by atoms with van der Waals surface area (Å²) in [5, 5.41) is 11.3. The summed E-state index contributed by atoms with van der Waals surface area (Å²) in [4.78, 5) is 4.50. The van der Waals surface area contributed by atoms with Crippen molar-refractivity contribution in [2.75, 3.05) is 0 Å². The fourth-order valence-electron chi connectivity index (χ4n) is 2.84. The molecule has 0 saturated heterocycles. The standard InChI is InChI=1S/C22H16FNO2/c23-19-12-18(15-6-2-1-3-7-15)21(25)13-22(19)26-14-17-11-10-16-8-4-5-9-20(16)24-17/h1-13,25H,14H2. The van der Waals surface area contributed by atoms with Gasteiger partial charge in [0.15, 0.2) is 11.6 Å². The van der Waals surface area contributed by atoms with Gasteiger partial charge in [-0.05, 0) is 23.8 Å². The molecule has 26 heavy (non-hydrogen) atoms. The third-order valence-electron chi connectivity index (χ3n) is 4.17. The molecule has 1 aromatic heterocycles. The predicted octanol–water partition coefficient (Wildman–Crippen LogP) is 5.33. The number of phenolic OH excluding ortho intramolecular Hbond substituents is 1. The van der Waals surface area contributed by atoms with E-state index in [9.17, 15) is 9.50 Å². The number of hydrogen-bond donors (Lipinski definition) is 1. The summed E-state index contributed by atoms with van der Waals surface area (Å²) in [5.41, 5.74) is 2.72. The number of ether oxygens (including phenoxy) is 1. The number of phenols is 1. The minimum Gasteiger partial charge on any atom is -0.507 e. The Labute approximate surface area is 150 Å². The molecular weight excluding hydrogens is 329 g/mol. The van der Waals surface area contributed by atoms with E-state index in [1.54, 1.807) is 0 Å². The van der Waals surface area contributed by atoms with Gasteiger partial charge in [0.25, 0.3) is 0 Å². The summed E-state index contributed by atoms with van der Waals surface area (Å²) in [6, 6.07) is 23.3. The Hall–Kier alpha value is -3.40. The lowest BCUT2D eigenvalue weighted by Crippen LogP contribution is -2.00. The zero-order chi connectivity index (χ0) is 17.9. The first-order chi connectivity index (χ1) is 12.7. The molecule has 0 unspecified atom stereocenters. The van der Waals surface area contributed by atoms with E-state index in [0.717, 1.165) is 16.5 Å². The van der Waals surface area contributed by atoms with Crippen molar-refractivity contribution >= 4 is 10.9 Å². The molecule has 4 heteroatoms. The van der Waals surface area contributed by atoms with Crippen LogP contribution in [0.25, 0.3) is 22.0 Å². The quantitative estimate of drug-likeness (QED) is 0.544. The highest BCUT2D eigenvalue weighted by Gasteiger charge is 2.12. The van der Waals surface area contributed by atoms with Gasteiger partial charge < -0.3 is 9.84 Å². The molecular formula is C22H16FNO2. The third-order valence-corrected chi connectivity index (χ3v) is 4.17. The van der Waals surface area contributed by atoms with Gasteiger partial charge in [-0.15, -0.1) is 0 Å². The molecule has 0 spiro atoms. The number of halogens is 1. The summed E-state index contributed by atoms with van der Waals surface area (Å²) < 4.78 is 20.0. The average molecular weight is 345 g/mol. The maximum absolute atomic E-state index is 14.4. The first-order valence-electron chi connectivity index (χ1n) is 8.26. The van der Waals surface area contributed by atoms with E-state index >= 15 is 0 Å². The summed E-state index contributed by atoms with van der Waals surface area (Å²) in [6.45, 7) is 0.117. The molecule has 0 amide bonds. The molecule has 128 valence electrons. The first kappa shape index (κ1) is 16.1. The second-order valence-corrected chi connectivity index (χ2v) is 5.95. The van der Waals surface area contributed by atoms with Crippen molar-refractivity contribution in [2.24, 2.45) is 0 Å². The molecule has 0 saturated carbocycles. The van der Waals surface area contributed by atoms with Crippen LogP contribution in [0.15, 0.2) is 78.9 Å². The Kier molecular flexibility index (Phi) is 4.23. The van der Waals surface area contributed by atoms with Crippen molar-refractivity contribution in [2.45, 2.75) is 6.61 Å². The van der Waals surface area contributed by atoms with Gasteiger partial charge >= 0.3 is 0 Å². The molecule has 4 aromatic rings. The van der Waals surface area contributed by atoms with Crippen LogP contribution in [0.5, 0.6) is 11.5 Å². The lowest BCUT2D eigenvalue weighted by molar-refractivity contribution is 0.284. The zero-order valence-corrected chi connectivity index (χ0v) is 13.9. The second kappa shape index (κ2) is 6.84. The maximum atomic E-state index is 14.4. The molecule has 0 aliphatic rings. The Morgan fingerprint density at radius 3 is 2.50 bits per heavy atom. The van der Waals surface area contributed by atoms with Gasteiger partial charge in [-0.25, -0.2) is 9.37 Å². The highest BCUT2D eigenvalue weighted by Crippen LogP contribution is 2.34. The number of hydrogen-bond acceptors (Lipinski definition) is 3. The maximum Gasteiger partial charge on any atom is 0.165 e. The summed E-state index contributed by atoms with van der Waals surface area (Å²) in [5.74, 6) is -0.557. The van der Waals surface area contributed by atoms with Crippen LogP contribution in [0.3, 0.4) is 0 Å². The van der Waals surface area contributed by atoms with E-state index in [4.69, 9.17) is 4.74 Å². The van der Waals surface area contributed by atoms with Crippen molar-refractivity contribution in [3.8, 4) is 22.6 Å². The minimum absolute atomic E-state index is 0.00265. The van der Waals surface area contributed by atoms with E-state index in [0.29, 0.717) is 11.3 Å². The highest BCUT2D eigenvalue weighted by atomic mass is 19.1. The van der Waals surface area contributed by atoms with E-state index in [-0.39, 0.29) is 18.1 Å². The molecule has 3 aromatic carbocycles. The summed E-state index contributed by atoms with van der Waals surface area (Å²) >= 11 is 0. The number of fused-ring (bicyclic) bond motifs is 1. The fraction of sp³-hybridized carbons (Fsp3) is 0.0455. The molecule has 0 bridgehead atoms. The van der Waals surface area contributed by atoms with Crippen molar-refractivity contribution in [1.29, 1.82) is 0 Å². The Bertz CT molecular complexity index is 1060. The van der Waals surface area contributed by atoms with Crippen molar-refractivity contribution in [3.05, 3.63) is 90.4 Å². The van der Waals surface area contributed by atoms with Crippen molar-refractivity contribution in [3.63, 3.8) is 0 Å². The van der Waals surface area contributed by atoms with E-state index in [1.165, 1.54) is 12.1 Å². The molecule has 0 radical (unpaired) electrons. The van der Waals surface area contributed by atoms with Crippen LogP contribution in [-0.4, -0.2) is 10.1 Å². The normalized spacial score (nSPS) is 10.8. The summed E-state index contributed by atoms with van der Waals surface area (Å²) in [6.07, 6.45) is 0. The van der Waals surface area contributed by atoms with Crippen LogP contribution in [0.4, 0.5) is 4.39 Å². The second-order valence-electron chi connectivity index (χ2n) is 5.95. The highest BCUT2D eigenvalue weighted by molar-refractivity contribution is 5.78. The molecule has 1 N–H and O–H groups in total. The summed E-state index contributed by atoms with van der Waals surface area (Å²) in [7, 11) is 0. The van der Waals surface area contributed by atoms with E-state index in [2.05, 4.69) is 4.98 Å². The van der Waals surface area contributed by atoms with E-state index < -0.39 is 5.82 Å². The first-order valence-corrected chi connectivity index (χ1v) is 8.26. The topological polar surface area (TPSA) is 42.4 Å². The molecule has 4 rings (SSSR count). The van der Waals surface area contributed by atoms with Gasteiger partial charge in [0.1, 0.15) is 12.4 Å². The SMILES string of the molecule is Oc1cc(OCc2ccc3ccccc3n2)c(F)cc1-c1ccccc1. The molecule has 1 heterocycles. The number of pyridine rings is 1. The molecule has 0 fully saturated rings. The van der Waals surface area contributed by atoms with Gasteiger partial charge in [-0.3, -0.25) is 0 Å². The van der Waals surface area contributed by atoms with Crippen LogP contribution in [0.2, 0.25) is 0 Å². The lowest BCUT2D eigenvalue weighted by Gasteiger charge is -2.11. The van der Waals surface area contributed by atoms with Crippen molar-refractivity contribution in [1.82, 2.24) is 4.98 Å². The predicted molar refractivity (Wildman–Crippen MR) is 99.6 cm³/mol. The number of nitrogens with zero attached hydrogens (tertiary/aromatic N) is 1. The molecule has 3 nitrogen and oxygen atoms in total. The number of aromatic hydroxyl groups is 1. The van der Waals surface area contributed by atoms with Gasteiger partial charge in [0, 0.05) is 17.0 Å². The monoisotopic (exact) mass is 345 g/mol. The van der Waals surface area contributed by atoms with Crippen LogP contribution in [0.1, 0.15) is 5.69 Å². The Morgan fingerprint density at radius 1 is 0.885 bits per heavy atom. The third kappa shape index (κ3) is 3.22.